The van der Waals surface area contributed by atoms with Gasteiger partial charge in [0, 0.05) is 36.8 Å². The van der Waals surface area contributed by atoms with Gasteiger partial charge < -0.3 is 10.1 Å². The van der Waals surface area contributed by atoms with Gasteiger partial charge in [0.15, 0.2) is 5.78 Å². The summed E-state index contributed by atoms with van der Waals surface area (Å²) in [5, 5.41) is 4.20. The average Bonchev–Trinajstić information content (AvgIpc) is 2.63. The maximum absolute atomic E-state index is 13.0. The molecule has 1 fully saturated rings. The van der Waals surface area contributed by atoms with Crippen LogP contribution in [0.4, 0.5) is 0 Å². The normalized spacial score (nSPS) is 23.4. The van der Waals surface area contributed by atoms with Crippen molar-refractivity contribution in [3.8, 4) is 0 Å². The number of ketones is 1. The Kier molecular flexibility index (Phi) is 12.2. The Labute approximate surface area is 165 Å². The molecule has 1 rings (SSSR count). The van der Waals surface area contributed by atoms with E-state index in [0.717, 1.165) is 51.6 Å². The number of hydrogen-bond acceptors (Lipinski definition) is 3. The Morgan fingerprint density at radius 1 is 1.31 bits per heavy atom. The van der Waals surface area contributed by atoms with Crippen LogP contribution in [0.3, 0.4) is 0 Å². The Hall–Kier alpha value is -0.640. The Morgan fingerprint density at radius 2 is 2.12 bits per heavy atom. The van der Waals surface area contributed by atoms with Crippen molar-refractivity contribution < 1.29 is 9.53 Å². The third-order valence-corrected chi connectivity index (χ3v) is 5.62. The third kappa shape index (κ3) is 8.37. The number of hydrogen-bond donors (Lipinski definition) is 1. The van der Waals surface area contributed by atoms with Crippen molar-refractivity contribution in [3.63, 3.8) is 0 Å². The van der Waals surface area contributed by atoms with Gasteiger partial charge in [-0.05, 0) is 44.6 Å². The molecule has 0 amide bonds. The van der Waals surface area contributed by atoms with Crippen LogP contribution in [0, 0.1) is 5.92 Å². The fourth-order valence-electron chi connectivity index (χ4n) is 4.06. The molecular weight excluding hydrogens is 346 g/mol. The first-order valence-corrected chi connectivity index (χ1v) is 10.7. The Balaban J connectivity index is 2.74. The van der Waals surface area contributed by atoms with Crippen LogP contribution in [0.1, 0.15) is 77.6 Å². The number of unbranched alkanes of at least 4 members (excludes halogenated alkanes) is 4. The van der Waals surface area contributed by atoms with Gasteiger partial charge in [0.1, 0.15) is 0 Å². The summed E-state index contributed by atoms with van der Waals surface area (Å²) in [7, 11) is 1.73. The fraction of sp³-hybridized carbons (Fsp3) is 0.773. The number of nitrogens with one attached hydrogen (secondary N) is 1. The number of rotatable bonds is 14. The van der Waals surface area contributed by atoms with Crippen LogP contribution in [-0.4, -0.2) is 31.6 Å². The molecule has 1 saturated carbocycles. The van der Waals surface area contributed by atoms with Gasteiger partial charge >= 0.3 is 0 Å². The van der Waals surface area contributed by atoms with E-state index in [1.54, 1.807) is 7.11 Å². The minimum atomic E-state index is -0.182. The van der Waals surface area contributed by atoms with Crippen LogP contribution >= 0.6 is 11.6 Å². The molecule has 150 valence electrons. The molecule has 0 aliphatic heterocycles. The van der Waals surface area contributed by atoms with E-state index in [0.29, 0.717) is 11.6 Å². The monoisotopic (exact) mass is 383 g/mol. The van der Waals surface area contributed by atoms with E-state index in [1.165, 1.54) is 25.7 Å². The van der Waals surface area contributed by atoms with Gasteiger partial charge in [0.25, 0.3) is 0 Å². The molecule has 1 aliphatic rings. The third-order valence-electron chi connectivity index (χ3n) is 5.49. The minimum Gasteiger partial charge on any atom is -0.385 e. The first-order valence-electron chi connectivity index (χ1n) is 10.3. The van der Waals surface area contributed by atoms with Crippen LogP contribution in [0.5, 0.6) is 0 Å². The molecule has 0 bridgehead atoms. The second-order valence-corrected chi connectivity index (χ2v) is 8.11. The van der Waals surface area contributed by atoms with Crippen LogP contribution in [0.2, 0.25) is 0 Å². The molecule has 1 aliphatic carbocycles. The Bertz CT molecular complexity index is 449. The predicted molar refractivity (Wildman–Crippen MR) is 112 cm³/mol. The van der Waals surface area contributed by atoms with Crippen LogP contribution in [-0.2, 0) is 9.53 Å². The molecular formula is C22H38ClNO2. The van der Waals surface area contributed by atoms with E-state index in [4.69, 9.17) is 16.3 Å². The zero-order valence-electron chi connectivity index (χ0n) is 16.8. The molecule has 1 N–H and O–H groups in total. The molecule has 0 spiro atoms. The molecule has 26 heavy (non-hydrogen) atoms. The summed E-state index contributed by atoms with van der Waals surface area (Å²) >= 11 is 6.01. The summed E-state index contributed by atoms with van der Waals surface area (Å²) < 4.78 is 5.24. The van der Waals surface area contributed by atoms with Gasteiger partial charge in [-0.2, -0.15) is 0 Å². The predicted octanol–water partition coefficient (Wildman–Crippen LogP) is 5.78. The van der Waals surface area contributed by atoms with Gasteiger partial charge in [-0.1, -0.05) is 63.3 Å². The van der Waals surface area contributed by atoms with Gasteiger partial charge in [-0.3, -0.25) is 4.79 Å². The van der Waals surface area contributed by atoms with E-state index in [2.05, 4.69) is 24.9 Å². The number of allylic oxidation sites excluding steroid dienone is 2. The number of methoxy groups -OCH3 is 1. The summed E-state index contributed by atoms with van der Waals surface area (Å²) in [5.74, 6) is 0.293. The zero-order valence-corrected chi connectivity index (χ0v) is 17.6. The molecule has 0 aromatic carbocycles. The fourth-order valence-corrected chi connectivity index (χ4v) is 4.13. The first kappa shape index (κ1) is 23.4. The molecule has 3 nitrogen and oxygen atoms in total. The second-order valence-electron chi connectivity index (χ2n) is 7.58. The van der Waals surface area contributed by atoms with Crippen molar-refractivity contribution in [2.24, 2.45) is 5.92 Å². The van der Waals surface area contributed by atoms with Gasteiger partial charge in [-0.15, -0.1) is 0 Å². The lowest BCUT2D eigenvalue weighted by Crippen LogP contribution is -2.55. The summed E-state index contributed by atoms with van der Waals surface area (Å²) in [6.45, 7) is 7.29. The highest BCUT2D eigenvalue weighted by molar-refractivity contribution is 6.29. The van der Waals surface area contributed by atoms with Crippen molar-refractivity contribution in [3.05, 3.63) is 23.8 Å². The average molecular weight is 384 g/mol. The molecule has 2 atom stereocenters. The summed E-state index contributed by atoms with van der Waals surface area (Å²) in [5.41, 5.74) is -0.182. The van der Waals surface area contributed by atoms with E-state index >= 15 is 0 Å². The lowest BCUT2D eigenvalue weighted by molar-refractivity contribution is -0.122. The van der Waals surface area contributed by atoms with Gasteiger partial charge in [-0.25, -0.2) is 0 Å². The van der Waals surface area contributed by atoms with Crippen LogP contribution < -0.4 is 5.32 Å². The van der Waals surface area contributed by atoms with Crippen molar-refractivity contribution in [2.45, 2.75) is 83.1 Å². The van der Waals surface area contributed by atoms with Crippen molar-refractivity contribution in [1.82, 2.24) is 5.32 Å². The highest BCUT2D eigenvalue weighted by Crippen LogP contribution is 2.38. The minimum absolute atomic E-state index is 0.0241. The lowest BCUT2D eigenvalue weighted by atomic mass is 9.68. The highest BCUT2D eigenvalue weighted by Gasteiger charge is 2.42. The SMILES string of the molecule is C=C(Cl)CN[C@@]1(CCCOC)CCCC[C@H]1C(=O)/C=C/CCCCCC. The largest absolute Gasteiger partial charge is 0.385 e. The molecule has 0 unspecified atom stereocenters. The number of halogens is 1. The maximum Gasteiger partial charge on any atom is 0.160 e. The van der Waals surface area contributed by atoms with Crippen molar-refractivity contribution in [1.29, 1.82) is 0 Å². The van der Waals surface area contributed by atoms with E-state index in [1.807, 2.05) is 6.08 Å². The summed E-state index contributed by atoms with van der Waals surface area (Å²) in [4.78, 5) is 13.0. The van der Waals surface area contributed by atoms with Gasteiger partial charge in [0.05, 0.1) is 0 Å². The van der Waals surface area contributed by atoms with Crippen molar-refractivity contribution in [2.75, 3.05) is 20.3 Å². The summed E-state index contributed by atoms with van der Waals surface area (Å²) in [6, 6.07) is 0. The molecule has 0 saturated heterocycles. The number of ether oxygens (including phenoxy) is 1. The van der Waals surface area contributed by atoms with Crippen LogP contribution in [0.25, 0.3) is 0 Å². The first-order chi connectivity index (χ1) is 12.6. The summed E-state index contributed by atoms with van der Waals surface area (Å²) in [6.07, 6.45) is 16.0. The molecule has 0 aromatic heterocycles. The Morgan fingerprint density at radius 3 is 2.81 bits per heavy atom. The zero-order chi connectivity index (χ0) is 19.3. The molecule has 0 radical (unpaired) electrons. The maximum atomic E-state index is 13.0. The molecule has 0 aromatic rings. The highest BCUT2D eigenvalue weighted by atomic mass is 35.5. The van der Waals surface area contributed by atoms with Crippen molar-refractivity contribution >= 4 is 17.4 Å². The molecule has 0 heterocycles. The van der Waals surface area contributed by atoms with Crippen LogP contribution in [0.15, 0.2) is 23.8 Å². The van der Waals surface area contributed by atoms with E-state index in [9.17, 15) is 4.79 Å². The number of carbonyl (C=O) groups is 1. The standard InChI is InChI=1S/C22H38ClNO2/c1-4-5-6-7-8-9-14-21(25)20-13-10-11-15-22(20,16-12-17-26-3)24-18-19(2)23/h9,14,20,24H,2,4-8,10-13,15-18H2,1,3H3/b14-9+/t20-,22+/m0/s1. The van der Waals surface area contributed by atoms with Gasteiger partial charge in [0.2, 0.25) is 0 Å². The van der Waals surface area contributed by atoms with E-state index < -0.39 is 0 Å². The topological polar surface area (TPSA) is 38.3 Å². The number of carbonyl (C=O) groups excluding carboxylic acids is 1. The quantitative estimate of drug-likeness (QED) is 0.305. The lowest BCUT2D eigenvalue weighted by Gasteiger charge is -2.44. The molecule has 4 heteroatoms. The second kappa shape index (κ2) is 13.5. The smallest absolute Gasteiger partial charge is 0.160 e. The van der Waals surface area contributed by atoms with E-state index in [-0.39, 0.29) is 17.2 Å².